The number of ether oxygens (including phenoxy) is 1. The molecule has 2 N–H and O–H groups in total. The highest BCUT2D eigenvalue weighted by molar-refractivity contribution is 7.18. The quantitative estimate of drug-likeness (QED) is 0.581. The van der Waals surface area contributed by atoms with Crippen LogP contribution in [0.25, 0.3) is 10.2 Å². The zero-order valence-electron chi connectivity index (χ0n) is 15.9. The van der Waals surface area contributed by atoms with Gasteiger partial charge in [-0.15, -0.1) is 11.3 Å². The molecule has 0 aliphatic heterocycles. The fraction of sp³-hybridized carbons (Fsp3) is 0.238. The molecular formula is C21H21N3O4S. The molecule has 0 aliphatic carbocycles. The van der Waals surface area contributed by atoms with Crippen molar-refractivity contribution < 1.29 is 19.1 Å². The molecule has 150 valence electrons. The van der Waals surface area contributed by atoms with Crippen molar-refractivity contribution in [1.82, 2.24) is 15.6 Å². The van der Waals surface area contributed by atoms with Gasteiger partial charge in [0.15, 0.2) is 0 Å². The Morgan fingerprint density at radius 2 is 1.79 bits per heavy atom. The van der Waals surface area contributed by atoms with Crippen molar-refractivity contribution in [2.75, 3.05) is 6.54 Å². The van der Waals surface area contributed by atoms with Crippen molar-refractivity contribution in [3.8, 4) is 0 Å². The number of aryl methyl sites for hydroxylation is 1. The van der Waals surface area contributed by atoms with Crippen LogP contribution in [0.3, 0.4) is 0 Å². The number of fused-ring (bicyclic) bond motifs is 1. The van der Waals surface area contributed by atoms with Gasteiger partial charge in [0.05, 0.1) is 21.6 Å². The first-order valence-corrected chi connectivity index (χ1v) is 10.1. The second kappa shape index (κ2) is 9.79. The van der Waals surface area contributed by atoms with Gasteiger partial charge in [-0.25, -0.2) is 9.78 Å². The standard InChI is InChI=1S/C21H21N3O4S/c1-2-22-21(27)24-20(26)19(14-8-4-3-5-9-14)28-18(25)13-12-17-23-15-10-6-7-11-16(15)29-17/h3-11,19H,2,12-13H2,1H3,(H2,22,24,26,27)/t19-/m0/s1. The van der Waals surface area contributed by atoms with Crippen LogP contribution < -0.4 is 10.6 Å². The van der Waals surface area contributed by atoms with E-state index in [1.807, 2.05) is 24.3 Å². The molecule has 0 radical (unpaired) electrons. The first kappa shape index (κ1) is 20.5. The van der Waals surface area contributed by atoms with Crippen LogP contribution in [-0.2, 0) is 20.7 Å². The molecule has 3 aromatic rings. The Balaban J connectivity index is 1.65. The topological polar surface area (TPSA) is 97.4 Å². The normalized spacial score (nSPS) is 11.6. The van der Waals surface area contributed by atoms with E-state index in [0.717, 1.165) is 15.2 Å². The molecule has 1 heterocycles. The maximum Gasteiger partial charge on any atom is 0.321 e. The summed E-state index contributed by atoms with van der Waals surface area (Å²) in [6.07, 6.45) is -0.712. The Hall–Kier alpha value is -3.26. The number of nitrogens with one attached hydrogen (secondary N) is 2. The molecule has 3 amide bonds. The third kappa shape index (κ3) is 5.61. The fourth-order valence-corrected chi connectivity index (χ4v) is 3.68. The highest BCUT2D eigenvalue weighted by Crippen LogP contribution is 2.23. The number of aromatic nitrogens is 1. The zero-order valence-corrected chi connectivity index (χ0v) is 16.7. The van der Waals surface area contributed by atoms with Crippen LogP contribution in [-0.4, -0.2) is 29.4 Å². The molecule has 0 aliphatic rings. The number of benzene rings is 2. The lowest BCUT2D eigenvalue weighted by Crippen LogP contribution is -2.42. The van der Waals surface area contributed by atoms with Crippen molar-refractivity contribution in [1.29, 1.82) is 0 Å². The van der Waals surface area contributed by atoms with Crippen molar-refractivity contribution in [3.05, 3.63) is 65.2 Å². The molecule has 2 aromatic carbocycles. The van der Waals surface area contributed by atoms with Gasteiger partial charge in [0, 0.05) is 18.5 Å². The number of urea groups is 1. The second-order valence-electron chi connectivity index (χ2n) is 6.20. The van der Waals surface area contributed by atoms with Gasteiger partial charge < -0.3 is 10.1 Å². The first-order valence-electron chi connectivity index (χ1n) is 9.24. The van der Waals surface area contributed by atoms with Crippen LogP contribution >= 0.6 is 11.3 Å². The molecule has 29 heavy (non-hydrogen) atoms. The lowest BCUT2D eigenvalue weighted by molar-refractivity contribution is -0.156. The number of amides is 3. The Bertz CT molecular complexity index is 970. The average molecular weight is 411 g/mol. The zero-order chi connectivity index (χ0) is 20.6. The van der Waals surface area contributed by atoms with Gasteiger partial charge in [0.2, 0.25) is 6.10 Å². The van der Waals surface area contributed by atoms with E-state index in [1.165, 1.54) is 11.3 Å². The van der Waals surface area contributed by atoms with Crippen molar-refractivity contribution in [2.24, 2.45) is 0 Å². The van der Waals surface area contributed by atoms with Gasteiger partial charge in [-0.3, -0.25) is 14.9 Å². The highest BCUT2D eigenvalue weighted by Gasteiger charge is 2.26. The van der Waals surface area contributed by atoms with Crippen molar-refractivity contribution in [2.45, 2.75) is 25.9 Å². The molecule has 0 saturated carbocycles. The summed E-state index contributed by atoms with van der Waals surface area (Å²) in [6, 6.07) is 15.7. The Morgan fingerprint density at radius 1 is 1.07 bits per heavy atom. The molecule has 0 spiro atoms. The van der Waals surface area contributed by atoms with E-state index in [9.17, 15) is 14.4 Å². The van der Waals surface area contributed by atoms with Crippen LogP contribution in [0.15, 0.2) is 54.6 Å². The summed E-state index contributed by atoms with van der Waals surface area (Å²) < 4.78 is 6.47. The maximum absolute atomic E-state index is 12.5. The molecule has 1 aromatic heterocycles. The van der Waals surface area contributed by atoms with E-state index in [4.69, 9.17) is 4.74 Å². The predicted octanol–water partition coefficient (Wildman–Crippen LogP) is 3.36. The SMILES string of the molecule is CCNC(=O)NC(=O)[C@@H](OC(=O)CCc1nc2ccccc2s1)c1ccccc1. The number of para-hydroxylation sites is 1. The fourth-order valence-electron chi connectivity index (χ4n) is 2.71. The largest absolute Gasteiger partial charge is 0.447 e. The van der Waals surface area contributed by atoms with Crippen LogP contribution in [0, 0.1) is 0 Å². The Labute approximate surface area is 172 Å². The monoisotopic (exact) mass is 411 g/mol. The van der Waals surface area contributed by atoms with Gasteiger partial charge in [-0.1, -0.05) is 42.5 Å². The number of thiazole rings is 1. The Kier molecular flexibility index (Phi) is 6.91. The number of carbonyl (C=O) groups is 3. The summed E-state index contributed by atoms with van der Waals surface area (Å²) in [6.45, 7) is 2.11. The molecular weight excluding hydrogens is 390 g/mol. The third-order valence-electron chi connectivity index (χ3n) is 4.04. The number of imide groups is 1. The number of hydrogen-bond donors (Lipinski definition) is 2. The van der Waals surface area contributed by atoms with Crippen LogP contribution in [0.5, 0.6) is 0 Å². The van der Waals surface area contributed by atoms with Crippen LogP contribution in [0.4, 0.5) is 4.79 Å². The number of carbonyl (C=O) groups excluding carboxylic acids is 3. The summed E-state index contributed by atoms with van der Waals surface area (Å²) in [7, 11) is 0. The van der Waals surface area contributed by atoms with Gasteiger partial charge in [0.25, 0.3) is 5.91 Å². The van der Waals surface area contributed by atoms with Crippen molar-refractivity contribution in [3.63, 3.8) is 0 Å². The van der Waals surface area contributed by atoms with Crippen LogP contribution in [0.1, 0.15) is 30.0 Å². The van der Waals surface area contributed by atoms with E-state index < -0.39 is 24.0 Å². The number of rotatable bonds is 7. The molecule has 3 rings (SSSR count). The summed E-state index contributed by atoms with van der Waals surface area (Å²) in [5.74, 6) is -1.24. The molecule has 0 bridgehead atoms. The molecule has 1 atom stereocenters. The van der Waals surface area contributed by atoms with E-state index in [1.54, 1.807) is 37.3 Å². The molecule has 0 unspecified atom stereocenters. The van der Waals surface area contributed by atoms with E-state index in [2.05, 4.69) is 15.6 Å². The summed E-state index contributed by atoms with van der Waals surface area (Å²) >= 11 is 1.52. The first-order chi connectivity index (χ1) is 14.1. The minimum Gasteiger partial charge on any atom is -0.447 e. The molecule has 0 saturated heterocycles. The summed E-state index contributed by atoms with van der Waals surface area (Å²) in [4.78, 5) is 41.1. The smallest absolute Gasteiger partial charge is 0.321 e. The highest BCUT2D eigenvalue weighted by atomic mass is 32.1. The van der Waals surface area contributed by atoms with E-state index in [-0.39, 0.29) is 6.42 Å². The lowest BCUT2D eigenvalue weighted by Gasteiger charge is -2.17. The molecule has 0 fully saturated rings. The maximum atomic E-state index is 12.5. The minimum absolute atomic E-state index is 0.0809. The number of esters is 1. The minimum atomic E-state index is -1.21. The van der Waals surface area contributed by atoms with Crippen LogP contribution in [0.2, 0.25) is 0 Å². The number of hydrogen-bond acceptors (Lipinski definition) is 6. The van der Waals surface area contributed by atoms with E-state index >= 15 is 0 Å². The third-order valence-corrected chi connectivity index (χ3v) is 5.14. The van der Waals surface area contributed by atoms with Gasteiger partial charge in [0.1, 0.15) is 0 Å². The van der Waals surface area contributed by atoms with Gasteiger partial charge >= 0.3 is 12.0 Å². The Morgan fingerprint density at radius 3 is 2.52 bits per heavy atom. The summed E-state index contributed by atoms with van der Waals surface area (Å²) in [5.41, 5.74) is 1.38. The number of nitrogens with zero attached hydrogens (tertiary/aromatic N) is 1. The molecule has 7 nitrogen and oxygen atoms in total. The predicted molar refractivity (Wildman–Crippen MR) is 110 cm³/mol. The van der Waals surface area contributed by atoms with Crippen molar-refractivity contribution >= 4 is 39.5 Å². The van der Waals surface area contributed by atoms with E-state index in [0.29, 0.717) is 18.5 Å². The van der Waals surface area contributed by atoms with Gasteiger partial charge in [-0.05, 0) is 19.1 Å². The average Bonchev–Trinajstić information content (AvgIpc) is 3.14. The lowest BCUT2D eigenvalue weighted by atomic mass is 10.1. The van der Waals surface area contributed by atoms with Gasteiger partial charge in [-0.2, -0.15) is 0 Å². The summed E-state index contributed by atoms with van der Waals surface area (Å²) in [5, 5.41) is 5.50. The molecule has 8 heteroatoms. The second-order valence-corrected chi connectivity index (χ2v) is 7.32.